The van der Waals surface area contributed by atoms with Crippen LogP contribution in [0.4, 0.5) is 13.2 Å². The SMILES string of the molecule is CCCCCOc1ccc(C2CCC(OCc3ccc(C4CCC(C)CC4)c(F)c3F)CC2)cc1F. The molecule has 0 radical (unpaired) electrons. The molecular weight excluding hydrogens is 461 g/mol. The van der Waals surface area contributed by atoms with Gasteiger partial charge in [-0.3, -0.25) is 0 Å². The maximum atomic E-state index is 14.8. The van der Waals surface area contributed by atoms with Crippen LogP contribution in [0, 0.1) is 23.4 Å². The van der Waals surface area contributed by atoms with Crippen molar-refractivity contribution in [2.75, 3.05) is 6.61 Å². The van der Waals surface area contributed by atoms with Gasteiger partial charge < -0.3 is 9.47 Å². The molecule has 5 heteroatoms. The summed E-state index contributed by atoms with van der Waals surface area (Å²) in [6.45, 7) is 4.97. The van der Waals surface area contributed by atoms with Crippen molar-refractivity contribution in [3.8, 4) is 5.75 Å². The molecule has 2 aliphatic carbocycles. The van der Waals surface area contributed by atoms with Gasteiger partial charge in [0.05, 0.1) is 19.3 Å². The van der Waals surface area contributed by atoms with E-state index < -0.39 is 11.6 Å². The molecule has 0 aromatic heterocycles. The fraction of sp³-hybridized carbons (Fsp3) is 0.613. The zero-order valence-electron chi connectivity index (χ0n) is 21.8. The first-order chi connectivity index (χ1) is 17.5. The zero-order valence-corrected chi connectivity index (χ0v) is 21.8. The van der Waals surface area contributed by atoms with Crippen LogP contribution < -0.4 is 4.74 Å². The Labute approximate surface area is 214 Å². The molecule has 0 amide bonds. The van der Waals surface area contributed by atoms with Crippen LogP contribution in [0.3, 0.4) is 0 Å². The van der Waals surface area contributed by atoms with Gasteiger partial charge >= 0.3 is 0 Å². The van der Waals surface area contributed by atoms with Gasteiger partial charge in [0.2, 0.25) is 0 Å². The van der Waals surface area contributed by atoms with E-state index in [-0.39, 0.29) is 30.4 Å². The number of ether oxygens (including phenoxy) is 2. The second kappa shape index (κ2) is 13.0. The van der Waals surface area contributed by atoms with Crippen molar-refractivity contribution < 1.29 is 22.6 Å². The molecule has 198 valence electrons. The van der Waals surface area contributed by atoms with Crippen LogP contribution in [-0.4, -0.2) is 12.7 Å². The van der Waals surface area contributed by atoms with Crippen molar-refractivity contribution >= 4 is 0 Å². The summed E-state index contributed by atoms with van der Waals surface area (Å²) in [4.78, 5) is 0. The van der Waals surface area contributed by atoms with Crippen molar-refractivity contribution in [2.45, 2.75) is 109 Å². The maximum Gasteiger partial charge on any atom is 0.165 e. The largest absolute Gasteiger partial charge is 0.491 e. The van der Waals surface area contributed by atoms with Crippen molar-refractivity contribution in [1.82, 2.24) is 0 Å². The second-order valence-corrected chi connectivity index (χ2v) is 10.9. The lowest BCUT2D eigenvalue weighted by atomic mass is 9.79. The highest BCUT2D eigenvalue weighted by molar-refractivity contribution is 5.32. The molecule has 2 saturated carbocycles. The first kappa shape index (κ1) is 27.0. The van der Waals surface area contributed by atoms with E-state index in [1.54, 1.807) is 24.3 Å². The number of rotatable bonds is 10. The lowest BCUT2D eigenvalue weighted by molar-refractivity contribution is 0.0118. The third-order valence-electron chi connectivity index (χ3n) is 8.23. The van der Waals surface area contributed by atoms with Gasteiger partial charge in [0.1, 0.15) is 0 Å². The summed E-state index contributed by atoms with van der Waals surface area (Å²) < 4.78 is 55.8. The number of unbranched alkanes of at least 4 members (excludes halogenated alkanes) is 2. The Bertz CT molecular complexity index is 976. The van der Waals surface area contributed by atoms with Gasteiger partial charge in [-0.2, -0.15) is 0 Å². The molecule has 0 saturated heterocycles. The summed E-state index contributed by atoms with van der Waals surface area (Å²) in [6.07, 6.45) is 10.5. The van der Waals surface area contributed by atoms with E-state index in [1.807, 2.05) is 6.07 Å². The average Bonchev–Trinajstić information content (AvgIpc) is 2.89. The van der Waals surface area contributed by atoms with Crippen LogP contribution in [0.15, 0.2) is 30.3 Å². The van der Waals surface area contributed by atoms with E-state index in [1.165, 1.54) is 0 Å². The Balaban J connectivity index is 1.26. The normalized spacial score (nSPS) is 24.6. The number of halogens is 3. The lowest BCUT2D eigenvalue weighted by Crippen LogP contribution is -2.21. The standard InChI is InChI=1S/C31H41F3O2/c1-3-4-5-18-35-29-17-13-24(19-28(29)32)22-10-14-26(15-11-22)36-20-25-12-16-27(31(34)30(25)33)23-8-6-21(2)7-9-23/h12-13,16-17,19,21-23,26H,3-11,14-15,18,20H2,1-2H3. The second-order valence-electron chi connectivity index (χ2n) is 10.9. The Morgan fingerprint density at radius 1 is 0.806 bits per heavy atom. The smallest absolute Gasteiger partial charge is 0.165 e. The van der Waals surface area contributed by atoms with Gasteiger partial charge in [-0.25, -0.2) is 13.2 Å². The topological polar surface area (TPSA) is 18.5 Å². The predicted molar refractivity (Wildman–Crippen MR) is 138 cm³/mol. The number of hydrogen-bond acceptors (Lipinski definition) is 2. The summed E-state index contributed by atoms with van der Waals surface area (Å²) >= 11 is 0. The van der Waals surface area contributed by atoms with E-state index in [9.17, 15) is 13.2 Å². The van der Waals surface area contributed by atoms with E-state index in [0.29, 0.717) is 29.4 Å². The van der Waals surface area contributed by atoms with Gasteiger partial charge in [-0.05, 0) is 86.0 Å². The molecule has 2 aliphatic rings. The fourth-order valence-corrected chi connectivity index (χ4v) is 5.79. The monoisotopic (exact) mass is 502 g/mol. The first-order valence-electron chi connectivity index (χ1n) is 14.0. The molecule has 2 fully saturated rings. The molecule has 0 unspecified atom stereocenters. The van der Waals surface area contributed by atoms with Gasteiger partial charge in [0.25, 0.3) is 0 Å². The van der Waals surface area contributed by atoms with Crippen LogP contribution in [0.5, 0.6) is 5.75 Å². The quantitative estimate of drug-likeness (QED) is 0.302. The molecule has 0 heterocycles. The van der Waals surface area contributed by atoms with E-state index in [4.69, 9.17) is 9.47 Å². The minimum atomic E-state index is -0.757. The molecule has 4 rings (SSSR count). The highest BCUT2D eigenvalue weighted by atomic mass is 19.2. The first-order valence-corrected chi connectivity index (χ1v) is 14.0. The molecule has 36 heavy (non-hydrogen) atoms. The highest BCUT2D eigenvalue weighted by Gasteiger charge is 2.26. The van der Waals surface area contributed by atoms with E-state index in [0.717, 1.165) is 76.2 Å². The summed E-state index contributed by atoms with van der Waals surface area (Å²) in [5, 5.41) is 0. The average molecular weight is 503 g/mol. The number of hydrogen-bond donors (Lipinski definition) is 0. The molecule has 0 spiro atoms. The molecule has 0 bridgehead atoms. The predicted octanol–water partition coefficient (Wildman–Crippen LogP) is 9.21. The maximum absolute atomic E-state index is 14.8. The van der Waals surface area contributed by atoms with E-state index in [2.05, 4.69) is 13.8 Å². The third-order valence-corrected chi connectivity index (χ3v) is 8.23. The fourth-order valence-electron chi connectivity index (χ4n) is 5.79. The zero-order chi connectivity index (χ0) is 25.5. The minimum Gasteiger partial charge on any atom is -0.491 e. The van der Waals surface area contributed by atoms with E-state index >= 15 is 0 Å². The van der Waals surface area contributed by atoms with Crippen LogP contribution in [-0.2, 0) is 11.3 Å². The van der Waals surface area contributed by atoms with Crippen LogP contribution in [0.1, 0.15) is 113 Å². The molecule has 0 aliphatic heterocycles. The Kier molecular flexibility index (Phi) is 9.75. The van der Waals surface area contributed by atoms with Gasteiger partial charge in [-0.1, -0.05) is 57.7 Å². The molecule has 0 atom stereocenters. The van der Waals surface area contributed by atoms with Gasteiger partial charge in [0.15, 0.2) is 23.2 Å². The summed E-state index contributed by atoms with van der Waals surface area (Å²) in [5.41, 5.74) is 1.81. The van der Waals surface area contributed by atoms with Crippen LogP contribution in [0.25, 0.3) is 0 Å². The summed E-state index contributed by atoms with van der Waals surface area (Å²) in [5.74, 6) is -0.361. The molecule has 2 aromatic carbocycles. The summed E-state index contributed by atoms with van der Waals surface area (Å²) in [7, 11) is 0. The molecule has 2 nitrogen and oxygen atoms in total. The lowest BCUT2D eigenvalue weighted by Gasteiger charge is -2.29. The van der Waals surface area contributed by atoms with Crippen LogP contribution >= 0.6 is 0 Å². The Morgan fingerprint density at radius 3 is 2.22 bits per heavy atom. The van der Waals surface area contributed by atoms with Crippen molar-refractivity contribution in [3.05, 3.63) is 64.5 Å². The van der Waals surface area contributed by atoms with Crippen LogP contribution in [0.2, 0.25) is 0 Å². The Morgan fingerprint density at radius 2 is 1.53 bits per heavy atom. The Hall–Kier alpha value is -2.01. The van der Waals surface area contributed by atoms with Gasteiger partial charge in [0, 0.05) is 5.56 Å². The molecular formula is C31H41F3O2. The third kappa shape index (κ3) is 6.85. The van der Waals surface area contributed by atoms with Gasteiger partial charge in [-0.15, -0.1) is 0 Å². The summed E-state index contributed by atoms with van der Waals surface area (Å²) in [6, 6.07) is 8.78. The highest BCUT2D eigenvalue weighted by Crippen LogP contribution is 2.38. The van der Waals surface area contributed by atoms with Crippen molar-refractivity contribution in [3.63, 3.8) is 0 Å². The van der Waals surface area contributed by atoms with Crippen molar-refractivity contribution in [1.29, 1.82) is 0 Å². The molecule has 0 N–H and O–H groups in total. The number of benzene rings is 2. The minimum absolute atomic E-state index is 0.00855. The molecule has 2 aromatic rings. The van der Waals surface area contributed by atoms with Crippen molar-refractivity contribution in [2.24, 2.45) is 5.92 Å².